The van der Waals surface area contributed by atoms with Crippen LogP contribution >= 0.6 is 22.9 Å². The number of carbonyl (C=O) groups excluding carboxylic acids is 1. The number of carboxylic acid groups (broad SMARTS) is 1. The van der Waals surface area contributed by atoms with E-state index in [4.69, 9.17) is 16.7 Å². The van der Waals surface area contributed by atoms with E-state index in [9.17, 15) is 19.2 Å². The molecule has 0 saturated carbocycles. The molecule has 0 aliphatic carbocycles. The molecule has 4 aromatic rings. The Morgan fingerprint density at radius 2 is 1.77 bits per heavy atom. The second-order valence-corrected chi connectivity index (χ2v) is 11.1. The Labute approximate surface area is 235 Å². The van der Waals surface area contributed by atoms with Gasteiger partial charge < -0.3 is 10.4 Å². The van der Waals surface area contributed by atoms with Gasteiger partial charge in [0.1, 0.15) is 11.9 Å². The van der Waals surface area contributed by atoms with E-state index in [0.29, 0.717) is 16.1 Å². The van der Waals surface area contributed by atoms with Gasteiger partial charge in [0.05, 0.1) is 16.7 Å². The molecule has 4 rings (SSSR count). The molecule has 2 N–H and O–H groups in total. The van der Waals surface area contributed by atoms with Crippen molar-refractivity contribution in [2.24, 2.45) is 0 Å². The Bertz CT molecular complexity index is 1540. The summed E-state index contributed by atoms with van der Waals surface area (Å²) < 4.78 is 15.5. The number of halogens is 2. The van der Waals surface area contributed by atoms with Gasteiger partial charge in [-0.3, -0.25) is 9.59 Å². The number of fused-ring (bicyclic) bond motifs is 1. The summed E-state index contributed by atoms with van der Waals surface area (Å²) in [6.07, 6.45) is 1.58. The average Bonchev–Trinajstić information content (AvgIpc) is 3.24. The van der Waals surface area contributed by atoms with Crippen molar-refractivity contribution in [3.63, 3.8) is 0 Å². The molecule has 0 spiro atoms. The van der Waals surface area contributed by atoms with Crippen LogP contribution in [0.1, 0.15) is 75.5 Å². The van der Waals surface area contributed by atoms with Gasteiger partial charge in [-0.15, -0.1) is 11.3 Å². The summed E-state index contributed by atoms with van der Waals surface area (Å²) in [7, 11) is 0. The average molecular weight is 563 g/mol. The summed E-state index contributed by atoms with van der Waals surface area (Å²) in [4.78, 5) is 24.3. The smallest absolute Gasteiger partial charge is 0.305 e. The normalized spacial score (nSPS) is 12.6. The summed E-state index contributed by atoms with van der Waals surface area (Å²) in [5.41, 5.74) is 3.81. The minimum absolute atomic E-state index is 0.00870. The van der Waals surface area contributed by atoms with E-state index in [-0.39, 0.29) is 30.7 Å². The molecule has 200 valence electrons. The molecule has 0 aliphatic heterocycles. The summed E-state index contributed by atoms with van der Waals surface area (Å²) in [6, 6.07) is 20.0. The van der Waals surface area contributed by atoms with Crippen molar-refractivity contribution in [3.05, 3.63) is 104 Å². The van der Waals surface area contributed by atoms with Gasteiger partial charge in [-0.1, -0.05) is 49.2 Å². The molecule has 5 nitrogen and oxygen atoms in total. The lowest BCUT2D eigenvalue weighted by Crippen LogP contribution is -2.26. The standard InChI is InChI=1S/C31H28ClFN2O3S/c1-3-4-25(19-5-7-21(8-6-19)31(38)35-14-13-27(36)37)29(20-9-11-23(32)12-10-20)28-18(2)39-30-22(17-34)15-24(33)16-26(28)30/h5-12,15-16,25,29H,3-4,13-14H2,1-2H3,(H,35,38)(H,36,37)/t25-,29?/m1/s1. The Hall–Kier alpha value is -3.73. The van der Waals surface area contributed by atoms with E-state index in [1.165, 1.54) is 23.5 Å². The van der Waals surface area contributed by atoms with Crippen LogP contribution in [0.5, 0.6) is 0 Å². The Morgan fingerprint density at radius 3 is 2.38 bits per heavy atom. The van der Waals surface area contributed by atoms with Gasteiger partial charge in [0, 0.05) is 33.3 Å². The van der Waals surface area contributed by atoms with Crippen LogP contribution in [0, 0.1) is 24.1 Å². The number of amides is 1. The van der Waals surface area contributed by atoms with E-state index in [1.807, 2.05) is 43.3 Å². The molecular weight excluding hydrogens is 535 g/mol. The second-order valence-electron chi connectivity index (χ2n) is 9.46. The van der Waals surface area contributed by atoms with Gasteiger partial charge in [0.15, 0.2) is 0 Å². The van der Waals surface area contributed by atoms with Gasteiger partial charge in [-0.05, 0) is 72.4 Å². The summed E-state index contributed by atoms with van der Waals surface area (Å²) >= 11 is 7.73. The first kappa shape index (κ1) is 28.3. The molecule has 1 heterocycles. The van der Waals surface area contributed by atoms with Crippen molar-refractivity contribution in [1.82, 2.24) is 5.32 Å². The zero-order chi connectivity index (χ0) is 28.1. The summed E-state index contributed by atoms with van der Waals surface area (Å²) in [5.74, 6) is -1.91. The van der Waals surface area contributed by atoms with Crippen molar-refractivity contribution >= 4 is 44.9 Å². The Balaban J connectivity index is 1.82. The van der Waals surface area contributed by atoms with Gasteiger partial charge in [-0.25, -0.2) is 4.39 Å². The molecule has 0 radical (unpaired) electrons. The molecule has 8 heteroatoms. The Morgan fingerprint density at radius 1 is 1.10 bits per heavy atom. The molecule has 0 saturated heterocycles. The third-order valence-electron chi connectivity index (χ3n) is 6.87. The third kappa shape index (κ3) is 6.30. The number of rotatable bonds is 10. The maximum Gasteiger partial charge on any atom is 0.305 e. The number of aliphatic carboxylic acids is 1. The fourth-order valence-electron chi connectivity index (χ4n) is 5.14. The first-order valence-corrected chi connectivity index (χ1v) is 13.9. The lowest BCUT2D eigenvalue weighted by Gasteiger charge is -2.29. The minimum Gasteiger partial charge on any atom is -0.481 e. The van der Waals surface area contributed by atoms with Crippen LogP contribution in [-0.4, -0.2) is 23.5 Å². The maximum absolute atomic E-state index is 14.7. The Kier molecular flexibility index (Phi) is 9.01. The highest BCUT2D eigenvalue weighted by Crippen LogP contribution is 2.48. The molecule has 0 fully saturated rings. The topological polar surface area (TPSA) is 90.2 Å². The van der Waals surface area contributed by atoms with Crippen LogP contribution in [0.2, 0.25) is 5.02 Å². The largest absolute Gasteiger partial charge is 0.481 e. The van der Waals surface area contributed by atoms with Crippen molar-refractivity contribution in [3.8, 4) is 6.07 Å². The number of hydrogen-bond donors (Lipinski definition) is 2. The lowest BCUT2D eigenvalue weighted by molar-refractivity contribution is -0.136. The maximum atomic E-state index is 14.7. The number of aryl methyl sites for hydroxylation is 1. The number of carbonyl (C=O) groups is 2. The van der Waals surface area contributed by atoms with Crippen LogP contribution in [0.25, 0.3) is 10.1 Å². The zero-order valence-electron chi connectivity index (χ0n) is 21.6. The van der Waals surface area contributed by atoms with E-state index >= 15 is 0 Å². The second kappa shape index (κ2) is 12.4. The molecule has 2 atom stereocenters. The number of hydrogen-bond acceptors (Lipinski definition) is 4. The van der Waals surface area contributed by atoms with Crippen molar-refractivity contribution in [1.29, 1.82) is 5.26 Å². The summed E-state index contributed by atoms with van der Waals surface area (Å²) in [5, 5.41) is 22.5. The quantitative estimate of drug-likeness (QED) is 0.206. The number of carboxylic acids is 1. The van der Waals surface area contributed by atoms with Crippen LogP contribution < -0.4 is 5.32 Å². The van der Waals surface area contributed by atoms with Crippen molar-refractivity contribution < 1.29 is 19.1 Å². The van der Waals surface area contributed by atoms with Gasteiger partial charge in [0.25, 0.3) is 5.91 Å². The molecule has 3 aromatic carbocycles. The number of thiophene rings is 1. The fraction of sp³-hybridized carbons (Fsp3) is 0.258. The first-order valence-electron chi connectivity index (χ1n) is 12.7. The summed E-state index contributed by atoms with van der Waals surface area (Å²) in [6.45, 7) is 4.18. The van der Waals surface area contributed by atoms with E-state index in [0.717, 1.165) is 44.5 Å². The molecule has 1 amide bonds. The van der Waals surface area contributed by atoms with Crippen LogP contribution in [-0.2, 0) is 4.79 Å². The van der Waals surface area contributed by atoms with Gasteiger partial charge in [0.2, 0.25) is 0 Å². The molecule has 0 bridgehead atoms. The van der Waals surface area contributed by atoms with E-state index in [1.54, 1.807) is 12.1 Å². The molecule has 1 aromatic heterocycles. The van der Waals surface area contributed by atoms with Gasteiger partial charge >= 0.3 is 5.97 Å². The predicted molar refractivity (Wildman–Crippen MR) is 153 cm³/mol. The van der Waals surface area contributed by atoms with Crippen LogP contribution in [0.4, 0.5) is 4.39 Å². The highest BCUT2D eigenvalue weighted by molar-refractivity contribution is 7.19. The minimum atomic E-state index is -0.973. The SMILES string of the molecule is CCC[C@H](c1ccc(C(=O)NCCC(=O)O)cc1)C(c1ccc(Cl)cc1)c1c(C)sc2c(C#N)cc(F)cc12. The zero-order valence-corrected chi connectivity index (χ0v) is 23.2. The number of nitriles is 1. The third-order valence-corrected chi connectivity index (χ3v) is 8.29. The van der Waals surface area contributed by atoms with E-state index < -0.39 is 11.8 Å². The van der Waals surface area contributed by atoms with Crippen LogP contribution in [0.3, 0.4) is 0 Å². The molecule has 1 unspecified atom stereocenters. The van der Waals surface area contributed by atoms with Crippen molar-refractivity contribution in [2.75, 3.05) is 6.54 Å². The number of nitrogens with zero attached hydrogens (tertiary/aromatic N) is 1. The predicted octanol–water partition coefficient (Wildman–Crippen LogP) is 7.79. The number of nitrogens with one attached hydrogen (secondary N) is 1. The molecular formula is C31H28ClFN2O3S. The lowest BCUT2D eigenvalue weighted by atomic mass is 9.74. The first-order chi connectivity index (χ1) is 18.7. The monoisotopic (exact) mass is 562 g/mol. The molecule has 0 aliphatic rings. The van der Waals surface area contributed by atoms with Crippen molar-refractivity contribution in [2.45, 2.75) is 44.9 Å². The highest BCUT2D eigenvalue weighted by Gasteiger charge is 2.31. The van der Waals surface area contributed by atoms with Gasteiger partial charge in [-0.2, -0.15) is 5.26 Å². The van der Waals surface area contributed by atoms with E-state index in [2.05, 4.69) is 18.3 Å². The molecule has 39 heavy (non-hydrogen) atoms. The highest BCUT2D eigenvalue weighted by atomic mass is 35.5. The number of benzene rings is 3. The van der Waals surface area contributed by atoms with Crippen LogP contribution in [0.15, 0.2) is 60.7 Å². The fourth-order valence-corrected chi connectivity index (χ4v) is 6.42.